The third-order valence-electron chi connectivity index (χ3n) is 3.81. The largest absolute Gasteiger partial charge is 0.349 e. The van der Waals surface area contributed by atoms with Gasteiger partial charge < -0.3 is 10.6 Å². The molecule has 1 amide bonds. The van der Waals surface area contributed by atoms with Crippen LogP contribution in [0.3, 0.4) is 0 Å². The average Bonchev–Trinajstić information content (AvgIpc) is 2.48. The van der Waals surface area contributed by atoms with Crippen LogP contribution in [0.1, 0.15) is 36.0 Å². The maximum Gasteiger partial charge on any atom is 0.269 e. The number of nitro groups is 1. The standard InChI is InChI=1S/C14H19N3O3/c1-15-11-4-6-12(7-5-11)16-14(18)10-2-8-13(9-3-10)17(19)20/h2-3,8-9,11-12,15H,4-7H2,1H3,(H,16,18). The number of carbonyl (C=O) groups is 1. The fraction of sp³-hybridized carbons (Fsp3) is 0.500. The molecular weight excluding hydrogens is 258 g/mol. The molecule has 6 nitrogen and oxygen atoms in total. The van der Waals surface area contributed by atoms with Crippen LogP contribution in [0, 0.1) is 10.1 Å². The summed E-state index contributed by atoms with van der Waals surface area (Å²) >= 11 is 0. The zero-order valence-corrected chi connectivity index (χ0v) is 11.5. The minimum atomic E-state index is -0.472. The molecule has 1 fully saturated rings. The van der Waals surface area contributed by atoms with Gasteiger partial charge in [0, 0.05) is 29.8 Å². The first-order chi connectivity index (χ1) is 9.60. The predicted octanol–water partition coefficient (Wildman–Crippen LogP) is 1.86. The Morgan fingerprint density at radius 2 is 1.70 bits per heavy atom. The summed E-state index contributed by atoms with van der Waals surface area (Å²) in [7, 11) is 1.96. The van der Waals surface area contributed by atoms with Gasteiger partial charge in [0.05, 0.1) is 4.92 Å². The molecule has 0 heterocycles. The lowest BCUT2D eigenvalue weighted by Crippen LogP contribution is -2.41. The van der Waals surface area contributed by atoms with E-state index in [2.05, 4.69) is 10.6 Å². The average molecular weight is 277 g/mol. The van der Waals surface area contributed by atoms with E-state index >= 15 is 0 Å². The molecule has 1 aromatic rings. The number of amides is 1. The molecule has 0 atom stereocenters. The Balaban J connectivity index is 1.90. The number of hydrogen-bond acceptors (Lipinski definition) is 4. The topological polar surface area (TPSA) is 84.3 Å². The number of rotatable bonds is 4. The smallest absolute Gasteiger partial charge is 0.269 e. The Morgan fingerprint density at radius 1 is 1.15 bits per heavy atom. The summed E-state index contributed by atoms with van der Waals surface area (Å²) in [5.74, 6) is -0.159. The lowest BCUT2D eigenvalue weighted by atomic mass is 9.91. The van der Waals surface area contributed by atoms with E-state index < -0.39 is 4.92 Å². The second-order valence-electron chi connectivity index (χ2n) is 5.11. The number of hydrogen-bond donors (Lipinski definition) is 2. The number of nitrogens with one attached hydrogen (secondary N) is 2. The van der Waals surface area contributed by atoms with Gasteiger partial charge in [-0.25, -0.2) is 0 Å². The highest BCUT2D eigenvalue weighted by molar-refractivity contribution is 5.94. The monoisotopic (exact) mass is 277 g/mol. The zero-order chi connectivity index (χ0) is 14.5. The van der Waals surface area contributed by atoms with E-state index in [1.807, 2.05) is 7.05 Å². The molecule has 0 spiro atoms. The minimum absolute atomic E-state index is 0.00363. The van der Waals surface area contributed by atoms with Crippen LogP contribution < -0.4 is 10.6 Å². The summed E-state index contributed by atoms with van der Waals surface area (Å²) in [6.45, 7) is 0. The van der Waals surface area contributed by atoms with E-state index in [4.69, 9.17) is 0 Å². The second kappa shape index (κ2) is 6.47. The van der Waals surface area contributed by atoms with Crippen LogP contribution in [0.25, 0.3) is 0 Å². The Kier molecular flexibility index (Phi) is 4.68. The SMILES string of the molecule is CNC1CCC(NC(=O)c2ccc([N+](=O)[O-])cc2)CC1. The molecule has 1 saturated carbocycles. The molecule has 0 radical (unpaired) electrons. The van der Waals surface area contributed by atoms with Gasteiger partial charge in [0.1, 0.15) is 0 Å². The van der Waals surface area contributed by atoms with Crippen LogP contribution in [0.4, 0.5) is 5.69 Å². The van der Waals surface area contributed by atoms with Gasteiger partial charge in [0.25, 0.3) is 11.6 Å². The summed E-state index contributed by atoms with van der Waals surface area (Å²) in [5.41, 5.74) is 0.461. The summed E-state index contributed by atoms with van der Waals surface area (Å²) in [5, 5.41) is 16.8. The van der Waals surface area contributed by atoms with Crippen LogP contribution in [-0.2, 0) is 0 Å². The highest BCUT2D eigenvalue weighted by Gasteiger charge is 2.21. The fourth-order valence-electron chi connectivity index (χ4n) is 2.53. The maximum absolute atomic E-state index is 12.0. The number of benzene rings is 1. The summed E-state index contributed by atoms with van der Waals surface area (Å²) < 4.78 is 0. The van der Waals surface area contributed by atoms with Crippen molar-refractivity contribution in [3.8, 4) is 0 Å². The number of nitro benzene ring substituents is 1. The van der Waals surface area contributed by atoms with Crippen molar-refractivity contribution in [2.24, 2.45) is 0 Å². The van der Waals surface area contributed by atoms with Crippen LogP contribution in [0.5, 0.6) is 0 Å². The van der Waals surface area contributed by atoms with Crippen molar-refractivity contribution in [1.82, 2.24) is 10.6 Å². The third kappa shape index (κ3) is 3.54. The van der Waals surface area contributed by atoms with Crippen LogP contribution >= 0.6 is 0 Å². The fourth-order valence-corrected chi connectivity index (χ4v) is 2.53. The molecule has 1 aliphatic rings. The molecule has 1 aromatic carbocycles. The molecule has 20 heavy (non-hydrogen) atoms. The molecule has 0 aliphatic heterocycles. The first-order valence-corrected chi connectivity index (χ1v) is 6.82. The lowest BCUT2D eigenvalue weighted by molar-refractivity contribution is -0.384. The van der Waals surface area contributed by atoms with E-state index in [0.717, 1.165) is 25.7 Å². The Hall–Kier alpha value is -1.95. The number of non-ortho nitro benzene ring substituents is 1. The number of nitrogens with zero attached hydrogens (tertiary/aromatic N) is 1. The summed E-state index contributed by atoms with van der Waals surface area (Å²) in [4.78, 5) is 22.1. The van der Waals surface area contributed by atoms with Gasteiger partial charge in [-0.3, -0.25) is 14.9 Å². The van der Waals surface area contributed by atoms with Crippen molar-refractivity contribution in [2.75, 3.05) is 7.05 Å². The van der Waals surface area contributed by atoms with Gasteiger partial charge in [-0.2, -0.15) is 0 Å². The van der Waals surface area contributed by atoms with Crippen molar-refractivity contribution in [2.45, 2.75) is 37.8 Å². The molecule has 0 unspecified atom stereocenters. The normalized spacial score (nSPS) is 22.2. The van der Waals surface area contributed by atoms with Gasteiger partial charge in [0.15, 0.2) is 0 Å². The van der Waals surface area contributed by atoms with Crippen molar-refractivity contribution in [3.05, 3.63) is 39.9 Å². The van der Waals surface area contributed by atoms with Gasteiger partial charge >= 0.3 is 0 Å². The zero-order valence-electron chi connectivity index (χ0n) is 11.5. The van der Waals surface area contributed by atoms with Crippen molar-refractivity contribution < 1.29 is 9.72 Å². The molecule has 2 rings (SSSR count). The third-order valence-corrected chi connectivity index (χ3v) is 3.81. The maximum atomic E-state index is 12.0. The predicted molar refractivity (Wildman–Crippen MR) is 75.7 cm³/mol. The molecule has 0 bridgehead atoms. The minimum Gasteiger partial charge on any atom is -0.349 e. The molecule has 108 valence electrons. The van der Waals surface area contributed by atoms with Crippen molar-refractivity contribution >= 4 is 11.6 Å². The van der Waals surface area contributed by atoms with Crippen molar-refractivity contribution in [3.63, 3.8) is 0 Å². The molecular formula is C14H19N3O3. The van der Waals surface area contributed by atoms with E-state index in [-0.39, 0.29) is 17.6 Å². The van der Waals surface area contributed by atoms with E-state index in [9.17, 15) is 14.9 Å². The Bertz CT molecular complexity index is 479. The van der Waals surface area contributed by atoms with E-state index in [0.29, 0.717) is 11.6 Å². The van der Waals surface area contributed by atoms with Gasteiger partial charge in [0.2, 0.25) is 0 Å². The summed E-state index contributed by atoms with van der Waals surface area (Å²) in [6.07, 6.45) is 4.04. The highest BCUT2D eigenvalue weighted by atomic mass is 16.6. The quantitative estimate of drug-likeness (QED) is 0.650. The molecule has 0 saturated heterocycles. The molecule has 6 heteroatoms. The van der Waals surface area contributed by atoms with Gasteiger partial charge in [-0.1, -0.05) is 0 Å². The first-order valence-electron chi connectivity index (χ1n) is 6.82. The Labute approximate surface area is 117 Å². The molecule has 0 aromatic heterocycles. The molecule has 2 N–H and O–H groups in total. The van der Waals surface area contributed by atoms with E-state index in [1.165, 1.54) is 24.3 Å². The van der Waals surface area contributed by atoms with Gasteiger partial charge in [-0.15, -0.1) is 0 Å². The van der Waals surface area contributed by atoms with Crippen LogP contribution in [0.2, 0.25) is 0 Å². The highest BCUT2D eigenvalue weighted by Crippen LogP contribution is 2.19. The van der Waals surface area contributed by atoms with Crippen molar-refractivity contribution in [1.29, 1.82) is 0 Å². The Morgan fingerprint density at radius 3 is 2.20 bits per heavy atom. The second-order valence-corrected chi connectivity index (χ2v) is 5.11. The number of carbonyl (C=O) groups excluding carboxylic acids is 1. The van der Waals surface area contributed by atoms with Gasteiger partial charge in [-0.05, 0) is 44.9 Å². The van der Waals surface area contributed by atoms with Crippen LogP contribution in [0.15, 0.2) is 24.3 Å². The van der Waals surface area contributed by atoms with E-state index in [1.54, 1.807) is 0 Å². The summed E-state index contributed by atoms with van der Waals surface area (Å²) in [6, 6.07) is 6.43. The molecule has 1 aliphatic carbocycles. The lowest BCUT2D eigenvalue weighted by Gasteiger charge is -2.28. The van der Waals surface area contributed by atoms with Crippen LogP contribution in [-0.4, -0.2) is 30.0 Å². The first kappa shape index (κ1) is 14.5.